The van der Waals surface area contributed by atoms with Crippen molar-refractivity contribution in [3.63, 3.8) is 0 Å². The summed E-state index contributed by atoms with van der Waals surface area (Å²) in [6, 6.07) is 24.5. The van der Waals surface area contributed by atoms with E-state index in [9.17, 15) is 14.4 Å². The van der Waals surface area contributed by atoms with Gasteiger partial charge in [0.25, 0.3) is 11.8 Å². The summed E-state index contributed by atoms with van der Waals surface area (Å²) in [6.07, 6.45) is 2.21. The van der Waals surface area contributed by atoms with Crippen LogP contribution in [0.15, 0.2) is 101 Å². The number of benzene rings is 3. The zero-order chi connectivity index (χ0) is 28.5. The molecule has 0 saturated heterocycles. The van der Waals surface area contributed by atoms with Crippen molar-refractivity contribution in [1.29, 1.82) is 0 Å². The summed E-state index contributed by atoms with van der Waals surface area (Å²) in [7, 11) is 0. The molecule has 0 aliphatic carbocycles. The number of carbonyl (C=O) groups excluding carboxylic acids is 3. The number of carbonyl (C=O) groups is 3. The summed E-state index contributed by atoms with van der Waals surface area (Å²) in [5.74, 6) is -1.05. The van der Waals surface area contributed by atoms with Crippen LogP contribution < -0.4 is 16.0 Å². The molecule has 0 bridgehead atoms. The van der Waals surface area contributed by atoms with Crippen LogP contribution in [0.2, 0.25) is 10.0 Å². The molecule has 0 spiro atoms. The predicted molar refractivity (Wildman–Crippen MR) is 166 cm³/mol. The molecule has 4 aromatic rings. The number of amides is 3. The van der Waals surface area contributed by atoms with Gasteiger partial charge in [0, 0.05) is 36.8 Å². The van der Waals surface area contributed by atoms with E-state index in [0.717, 1.165) is 9.77 Å². The van der Waals surface area contributed by atoms with Gasteiger partial charge in [-0.05, 0) is 72.5 Å². The van der Waals surface area contributed by atoms with Gasteiger partial charge in [-0.25, -0.2) is 0 Å². The minimum atomic E-state index is -0.470. The van der Waals surface area contributed by atoms with E-state index in [1.807, 2.05) is 36.6 Å². The lowest BCUT2D eigenvalue weighted by Gasteiger charge is -2.16. The standard InChI is InChI=1S/C30H25Cl2N3O3S2/c1-2-27(30(38)34-23-15-20(31)14-21(32)16-23)40-25-11-6-10-22(17-25)33-29(37)26(18-24-12-7-13-39-24)35-28(36)19-8-4-3-5-9-19/h3-18,27H,2H2,1H3,(H,33,37)(H,34,38)(H,35,36)/b26-18-. The molecule has 4 rings (SSSR count). The average Bonchev–Trinajstić information content (AvgIpc) is 3.44. The highest BCUT2D eigenvalue weighted by Crippen LogP contribution is 2.30. The van der Waals surface area contributed by atoms with Gasteiger partial charge in [0.2, 0.25) is 5.91 Å². The molecular formula is C30H25Cl2N3O3S2. The second kappa shape index (κ2) is 14.2. The lowest BCUT2D eigenvalue weighted by Crippen LogP contribution is -2.30. The number of anilines is 2. The van der Waals surface area contributed by atoms with Crippen LogP contribution in [-0.4, -0.2) is 23.0 Å². The molecule has 1 heterocycles. The summed E-state index contributed by atoms with van der Waals surface area (Å²) in [5, 5.41) is 10.8. The zero-order valence-electron chi connectivity index (χ0n) is 21.3. The number of hydrogen-bond donors (Lipinski definition) is 3. The molecule has 1 unspecified atom stereocenters. The van der Waals surface area contributed by atoms with Gasteiger partial charge >= 0.3 is 0 Å². The van der Waals surface area contributed by atoms with Gasteiger partial charge in [0.15, 0.2) is 0 Å². The Labute approximate surface area is 250 Å². The third kappa shape index (κ3) is 8.47. The number of thioether (sulfide) groups is 1. The Hall–Kier alpha value is -3.56. The van der Waals surface area contributed by atoms with Crippen molar-refractivity contribution in [2.45, 2.75) is 23.5 Å². The Morgan fingerprint density at radius 2 is 1.62 bits per heavy atom. The molecule has 3 aromatic carbocycles. The number of nitrogens with one attached hydrogen (secondary N) is 3. The highest BCUT2D eigenvalue weighted by atomic mass is 35.5. The smallest absolute Gasteiger partial charge is 0.272 e. The second-order valence-electron chi connectivity index (χ2n) is 8.54. The summed E-state index contributed by atoms with van der Waals surface area (Å²) in [6.45, 7) is 1.92. The minimum absolute atomic E-state index is 0.111. The van der Waals surface area contributed by atoms with Crippen LogP contribution in [0.25, 0.3) is 6.08 Å². The summed E-state index contributed by atoms with van der Waals surface area (Å²) in [5.41, 5.74) is 1.60. The molecule has 3 amide bonds. The van der Waals surface area contributed by atoms with Crippen LogP contribution in [-0.2, 0) is 9.59 Å². The van der Waals surface area contributed by atoms with E-state index in [1.165, 1.54) is 23.1 Å². The molecule has 1 atom stereocenters. The van der Waals surface area contributed by atoms with Gasteiger partial charge in [-0.15, -0.1) is 23.1 Å². The molecule has 0 saturated carbocycles. The largest absolute Gasteiger partial charge is 0.325 e. The molecule has 6 nitrogen and oxygen atoms in total. The highest BCUT2D eigenvalue weighted by Gasteiger charge is 2.20. The van der Waals surface area contributed by atoms with Gasteiger partial charge < -0.3 is 16.0 Å². The summed E-state index contributed by atoms with van der Waals surface area (Å²) >= 11 is 14.9. The summed E-state index contributed by atoms with van der Waals surface area (Å²) in [4.78, 5) is 40.6. The number of hydrogen-bond acceptors (Lipinski definition) is 5. The van der Waals surface area contributed by atoms with Gasteiger partial charge in [0.1, 0.15) is 5.70 Å². The van der Waals surface area contributed by atoms with Crippen LogP contribution >= 0.6 is 46.3 Å². The van der Waals surface area contributed by atoms with Crippen molar-refractivity contribution >= 4 is 81.5 Å². The normalized spacial score (nSPS) is 11.9. The van der Waals surface area contributed by atoms with Crippen LogP contribution in [0.1, 0.15) is 28.6 Å². The van der Waals surface area contributed by atoms with Crippen LogP contribution in [0.3, 0.4) is 0 Å². The Balaban J connectivity index is 1.47. The van der Waals surface area contributed by atoms with Crippen molar-refractivity contribution in [3.05, 3.63) is 116 Å². The van der Waals surface area contributed by atoms with Crippen LogP contribution in [0.4, 0.5) is 11.4 Å². The fourth-order valence-corrected chi connectivity index (χ4v) is 5.84. The Kier molecular flexibility index (Phi) is 10.4. The molecule has 0 aliphatic rings. The lowest BCUT2D eigenvalue weighted by molar-refractivity contribution is -0.116. The summed E-state index contributed by atoms with van der Waals surface area (Å²) < 4.78 is 0. The fourth-order valence-electron chi connectivity index (χ4n) is 3.64. The Morgan fingerprint density at radius 1 is 0.875 bits per heavy atom. The molecule has 1 aromatic heterocycles. The monoisotopic (exact) mass is 609 g/mol. The van der Waals surface area contributed by atoms with Crippen molar-refractivity contribution in [3.8, 4) is 0 Å². The quantitative estimate of drug-likeness (QED) is 0.126. The minimum Gasteiger partial charge on any atom is -0.325 e. The zero-order valence-corrected chi connectivity index (χ0v) is 24.5. The van der Waals surface area contributed by atoms with Gasteiger partial charge in [0.05, 0.1) is 5.25 Å². The first-order chi connectivity index (χ1) is 19.3. The van der Waals surface area contributed by atoms with E-state index in [4.69, 9.17) is 23.2 Å². The molecule has 0 aliphatic heterocycles. The molecular weight excluding hydrogens is 585 g/mol. The molecule has 0 fully saturated rings. The number of rotatable bonds is 10. The van der Waals surface area contributed by atoms with E-state index in [0.29, 0.717) is 33.4 Å². The molecule has 10 heteroatoms. The van der Waals surface area contributed by atoms with Crippen molar-refractivity contribution in [1.82, 2.24) is 5.32 Å². The fraction of sp³-hybridized carbons (Fsp3) is 0.100. The first-order valence-corrected chi connectivity index (χ1v) is 14.8. The average molecular weight is 611 g/mol. The van der Waals surface area contributed by atoms with Crippen LogP contribution in [0.5, 0.6) is 0 Å². The third-order valence-electron chi connectivity index (χ3n) is 5.52. The SMILES string of the molecule is CCC(Sc1cccc(NC(=O)/C(=C/c2cccs2)NC(=O)c2ccccc2)c1)C(=O)Nc1cc(Cl)cc(Cl)c1. The molecule has 0 radical (unpaired) electrons. The molecule has 204 valence electrons. The predicted octanol–water partition coefficient (Wildman–Crippen LogP) is 7.97. The van der Waals surface area contributed by atoms with E-state index >= 15 is 0 Å². The van der Waals surface area contributed by atoms with Gasteiger partial charge in [-0.3, -0.25) is 14.4 Å². The lowest BCUT2D eigenvalue weighted by atomic mass is 10.2. The molecule has 3 N–H and O–H groups in total. The second-order valence-corrected chi connectivity index (χ2v) is 11.7. The number of halogens is 2. The maximum atomic E-state index is 13.3. The maximum absolute atomic E-state index is 13.3. The molecule has 40 heavy (non-hydrogen) atoms. The first-order valence-electron chi connectivity index (χ1n) is 12.3. The van der Waals surface area contributed by atoms with Gasteiger partial charge in [-0.2, -0.15) is 0 Å². The first kappa shape index (κ1) is 29.4. The van der Waals surface area contributed by atoms with E-state index < -0.39 is 11.2 Å². The van der Waals surface area contributed by atoms with E-state index in [1.54, 1.807) is 66.7 Å². The Bertz CT molecular complexity index is 1510. The maximum Gasteiger partial charge on any atom is 0.272 e. The Morgan fingerprint density at radius 3 is 2.30 bits per heavy atom. The topological polar surface area (TPSA) is 87.3 Å². The van der Waals surface area contributed by atoms with Crippen molar-refractivity contribution < 1.29 is 14.4 Å². The number of thiophene rings is 1. The highest BCUT2D eigenvalue weighted by molar-refractivity contribution is 8.00. The van der Waals surface area contributed by atoms with E-state index in [2.05, 4.69) is 16.0 Å². The van der Waals surface area contributed by atoms with E-state index in [-0.39, 0.29) is 17.5 Å². The van der Waals surface area contributed by atoms with Gasteiger partial charge in [-0.1, -0.05) is 60.5 Å². The van der Waals surface area contributed by atoms with Crippen LogP contribution in [0, 0.1) is 0 Å². The third-order valence-corrected chi connectivity index (χ3v) is 8.14. The van der Waals surface area contributed by atoms with Crippen molar-refractivity contribution in [2.24, 2.45) is 0 Å². The van der Waals surface area contributed by atoms with Crippen molar-refractivity contribution in [2.75, 3.05) is 10.6 Å².